The van der Waals surface area contributed by atoms with E-state index in [0.29, 0.717) is 0 Å². The van der Waals surface area contributed by atoms with E-state index in [9.17, 15) is 0 Å². The maximum Gasteiger partial charge on any atom is 0.150 e. The molecule has 22 heavy (non-hydrogen) atoms. The van der Waals surface area contributed by atoms with E-state index in [4.69, 9.17) is 4.52 Å². The normalized spacial score (nSPS) is 10.7. The molecule has 3 aromatic rings. The van der Waals surface area contributed by atoms with Crippen LogP contribution in [0.15, 0.2) is 78.9 Å². The Balaban J connectivity index is 1.99. The van der Waals surface area contributed by atoms with E-state index in [-0.39, 0.29) is 0 Å². The molecule has 3 aromatic carbocycles. The van der Waals surface area contributed by atoms with Gasteiger partial charge in [-0.25, -0.2) is 0 Å². The molecule has 3 rings (SSSR count). The van der Waals surface area contributed by atoms with Gasteiger partial charge in [-0.05, 0) is 37.1 Å². The summed E-state index contributed by atoms with van der Waals surface area (Å²) < 4.78 is 6.41. The molecule has 0 aromatic heterocycles. The smallest absolute Gasteiger partial charge is 0.150 e. The summed E-state index contributed by atoms with van der Waals surface area (Å²) in [4.78, 5) is 0. The third-order valence-electron chi connectivity index (χ3n) is 3.37. The van der Waals surface area contributed by atoms with Crippen molar-refractivity contribution in [3.63, 3.8) is 0 Å². The highest BCUT2D eigenvalue weighted by Crippen LogP contribution is 2.37. The molecule has 0 aliphatic rings. The van der Waals surface area contributed by atoms with Gasteiger partial charge in [0.15, 0.2) is 8.15 Å². The van der Waals surface area contributed by atoms with Crippen LogP contribution in [0.2, 0.25) is 0 Å². The zero-order valence-electron chi connectivity index (χ0n) is 12.9. The Morgan fingerprint density at radius 3 is 1.55 bits per heavy atom. The molecular formula is C20H19OP. The summed E-state index contributed by atoms with van der Waals surface area (Å²) in [5, 5.41) is 2.45. The molecule has 0 bridgehead atoms. The highest BCUT2D eigenvalue weighted by molar-refractivity contribution is 7.68. The summed E-state index contributed by atoms with van der Waals surface area (Å²) in [6.07, 6.45) is 0. The van der Waals surface area contributed by atoms with Gasteiger partial charge >= 0.3 is 0 Å². The van der Waals surface area contributed by atoms with Crippen molar-refractivity contribution < 1.29 is 4.52 Å². The molecular weight excluding hydrogens is 287 g/mol. The van der Waals surface area contributed by atoms with Crippen molar-refractivity contribution in [2.45, 2.75) is 13.8 Å². The minimum absolute atomic E-state index is 0.852. The van der Waals surface area contributed by atoms with E-state index in [1.807, 2.05) is 12.1 Å². The molecule has 1 nitrogen and oxygen atoms in total. The van der Waals surface area contributed by atoms with E-state index in [1.165, 1.54) is 21.7 Å². The van der Waals surface area contributed by atoms with Crippen molar-refractivity contribution in [3.8, 4) is 5.75 Å². The zero-order valence-corrected chi connectivity index (χ0v) is 13.8. The second kappa shape index (κ2) is 6.77. The lowest BCUT2D eigenvalue weighted by atomic mass is 10.1. The summed E-state index contributed by atoms with van der Waals surface area (Å²) >= 11 is 0. The Hall–Kier alpha value is -2.11. The molecule has 0 unspecified atom stereocenters. The van der Waals surface area contributed by atoms with Crippen LogP contribution in [-0.4, -0.2) is 0 Å². The fourth-order valence-electron chi connectivity index (χ4n) is 2.47. The number of rotatable bonds is 4. The first-order valence-electron chi connectivity index (χ1n) is 7.39. The molecule has 0 spiro atoms. The van der Waals surface area contributed by atoms with Crippen molar-refractivity contribution in [1.82, 2.24) is 0 Å². The van der Waals surface area contributed by atoms with Gasteiger partial charge in [0.05, 0.1) is 0 Å². The minimum atomic E-state index is -0.852. The van der Waals surface area contributed by atoms with Gasteiger partial charge in [0, 0.05) is 10.6 Å². The van der Waals surface area contributed by atoms with Crippen molar-refractivity contribution in [2.75, 3.05) is 0 Å². The Morgan fingerprint density at radius 1 is 0.636 bits per heavy atom. The van der Waals surface area contributed by atoms with Crippen LogP contribution < -0.4 is 15.1 Å². The monoisotopic (exact) mass is 306 g/mol. The van der Waals surface area contributed by atoms with Gasteiger partial charge in [0.1, 0.15) is 5.75 Å². The molecule has 0 aliphatic carbocycles. The molecule has 0 radical (unpaired) electrons. The Labute approximate surface area is 133 Å². The van der Waals surface area contributed by atoms with Gasteiger partial charge in [0.25, 0.3) is 0 Å². The summed E-state index contributed by atoms with van der Waals surface area (Å²) in [5.74, 6) is 0.941. The Kier molecular flexibility index (Phi) is 4.56. The zero-order chi connectivity index (χ0) is 15.4. The standard InChI is InChI=1S/C20H19OP/c1-16-13-17(2)15-18(14-16)21-22(19-9-5-3-6-10-19)20-11-7-4-8-12-20/h3-15H,1-2H3. The minimum Gasteiger partial charge on any atom is -0.464 e. The predicted octanol–water partition coefficient (Wildman–Crippen LogP) is 4.73. The molecule has 0 saturated carbocycles. The van der Waals surface area contributed by atoms with E-state index in [0.717, 1.165) is 5.75 Å². The molecule has 0 aliphatic heterocycles. The van der Waals surface area contributed by atoms with Crippen LogP contribution in [0.1, 0.15) is 11.1 Å². The fourth-order valence-corrected chi connectivity index (χ4v) is 4.18. The highest BCUT2D eigenvalue weighted by atomic mass is 31.1. The first kappa shape index (κ1) is 14.8. The second-order valence-electron chi connectivity index (χ2n) is 5.38. The topological polar surface area (TPSA) is 9.23 Å². The third kappa shape index (κ3) is 3.55. The Bertz CT molecular complexity index is 678. The lowest BCUT2D eigenvalue weighted by Gasteiger charge is -2.20. The molecule has 110 valence electrons. The number of hydrogen-bond acceptors (Lipinski definition) is 1. The fraction of sp³-hybridized carbons (Fsp3) is 0.100. The number of aryl methyl sites for hydroxylation is 2. The van der Waals surface area contributed by atoms with Crippen LogP contribution >= 0.6 is 8.15 Å². The van der Waals surface area contributed by atoms with Gasteiger partial charge in [-0.15, -0.1) is 0 Å². The van der Waals surface area contributed by atoms with Gasteiger partial charge in [-0.1, -0.05) is 66.7 Å². The molecule has 2 heteroatoms. The summed E-state index contributed by atoms with van der Waals surface area (Å²) in [7, 11) is -0.852. The van der Waals surface area contributed by atoms with Gasteiger partial charge in [0.2, 0.25) is 0 Å². The van der Waals surface area contributed by atoms with Crippen LogP contribution in [-0.2, 0) is 0 Å². The first-order chi connectivity index (χ1) is 10.7. The van der Waals surface area contributed by atoms with Crippen molar-refractivity contribution >= 4 is 18.8 Å². The summed E-state index contributed by atoms with van der Waals surface area (Å²) in [6.45, 7) is 4.21. The van der Waals surface area contributed by atoms with E-state index in [2.05, 4.69) is 80.6 Å². The Morgan fingerprint density at radius 2 is 1.09 bits per heavy atom. The third-order valence-corrected chi connectivity index (χ3v) is 5.30. The number of benzene rings is 3. The van der Waals surface area contributed by atoms with Crippen molar-refractivity contribution in [1.29, 1.82) is 0 Å². The van der Waals surface area contributed by atoms with E-state index in [1.54, 1.807) is 0 Å². The van der Waals surface area contributed by atoms with Crippen LogP contribution in [0.5, 0.6) is 5.75 Å². The van der Waals surface area contributed by atoms with Gasteiger partial charge < -0.3 is 4.52 Å². The van der Waals surface area contributed by atoms with Crippen LogP contribution in [0, 0.1) is 13.8 Å². The molecule has 0 atom stereocenters. The SMILES string of the molecule is Cc1cc(C)cc(OP(c2ccccc2)c2ccccc2)c1. The molecule has 0 fully saturated rings. The molecule has 0 amide bonds. The average Bonchev–Trinajstić information content (AvgIpc) is 2.53. The van der Waals surface area contributed by atoms with E-state index >= 15 is 0 Å². The van der Waals surface area contributed by atoms with Crippen molar-refractivity contribution in [3.05, 3.63) is 90.0 Å². The van der Waals surface area contributed by atoms with Crippen LogP contribution in [0.3, 0.4) is 0 Å². The first-order valence-corrected chi connectivity index (χ1v) is 8.65. The predicted molar refractivity (Wildman–Crippen MR) is 95.6 cm³/mol. The van der Waals surface area contributed by atoms with Gasteiger partial charge in [-0.3, -0.25) is 0 Å². The maximum absolute atomic E-state index is 6.41. The summed E-state index contributed by atoms with van der Waals surface area (Å²) in [6, 6.07) is 27.3. The van der Waals surface area contributed by atoms with Gasteiger partial charge in [-0.2, -0.15) is 0 Å². The second-order valence-corrected chi connectivity index (χ2v) is 7.18. The summed E-state index contributed by atoms with van der Waals surface area (Å²) in [5.41, 5.74) is 2.46. The molecule has 0 saturated heterocycles. The highest BCUT2D eigenvalue weighted by Gasteiger charge is 2.16. The maximum atomic E-state index is 6.41. The van der Waals surface area contributed by atoms with E-state index < -0.39 is 8.15 Å². The number of hydrogen-bond donors (Lipinski definition) is 0. The van der Waals surface area contributed by atoms with Crippen molar-refractivity contribution in [2.24, 2.45) is 0 Å². The molecule has 0 heterocycles. The lowest BCUT2D eigenvalue weighted by molar-refractivity contribution is 0.628. The lowest BCUT2D eigenvalue weighted by Crippen LogP contribution is -2.15. The largest absolute Gasteiger partial charge is 0.464 e. The molecule has 0 N–H and O–H groups in total. The van der Waals surface area contributed by atoms with Crippen LogP contribution in [0.25, 0.3) is 0 Å². The quantitative estimate of drug-likeness (QED) is 0.633. The average molecular weight is 306 g/mol. The van der Waals surface area contributed by atoms with Crippen LogP contribution in [0.4, 0.5) is 0 Å².